The number of hydrogen-bond donors (Lipinski definition) is 2. The van der Waals surface area contributed by atoms with E-state index in [0.29, 0.717) is 12.1 Å². The molecule has 1 aliphatic heterocycles. The van der Waals surface area contributed by atoms with Crippen LogP contribution in [-0.4, -0.2) is 72.9 Å². The SMILES string of the molecule is CCCNC1(CO)CCCC(N2CCC(N(C)C)C2)C1. The van der Waals surface area contributed by atoms with Crippen LogP contribution in [-0.2, 0) is 0 Å². The first-order valence-corrected chi connectivity index (χ1v) is 8.36. The minimum Gasteiger partial charge on any atom is -0.394 e. The molecule has 3 atom stereocenters. The molecule has 2 fully saturated rings. The van der Waals surface area contributed by atoms with E-state index in [-0.39, 0.29) is 12.1 Å². The second-order valence-corrected chi connectivity index (χ2v) is 7.02. The van der Waals surface area contributed by atoms with Crippen molar-refractivity contribution in [1.82, 2.24) is 15.1 Å². The van der Waals surface area contributed by atoms with Gasteiger partial charge in [-0.1, -0.05) is 6.92 Å². The first-order chi connectivity index (χ1) is 9.60. The van der Waals surface area contributed by atoms with Crippen molar-refractivity contribution in [3.8, 4) is 0 Å². The number of nitrogens with one attached hydrogen (secondary N) is 1. The van der Waals surface area contributed by atoms with Crippen molar-refractivity contribution >= 4 is 0 Å². The molecule has 2 rings (SSSR count). The van der Waals surface area contributed by atoms with E-state index in [4.69, 9.17) is 0 Å². The molecule has 2 N–H and O–H groups in total. The van der Waals surface area contributed by atoms with Gasteiger partial charge in [-0.25, -0.2) is 0 Å². The summed E-state index contributed by atoms with van der Waals surface area (Å²) < 4.78 is 0. The van der Waals surface area contributed by atoms with Crippen LogP contribution >= 0.6 is 0 Å². The number of hydrogen-bond acceptors (Lipinski definition) is 4. The van der Waals surface area contributed by atoms with Gasteiger partial charge in [0.05, 0.1) is 6.61 Å². The Morgan fingerprint density at radius 1 is 1.35 bits per heavy atom. The van der Waals surface area contributed by atoms with Gasteiger partial charge in [0, 0.05) is 30.7 Å². The lowest BCUT2D eigenvalue weighted by atomic mass is 9.78. The molecule has 0 aromatic heterocycles. The topological polar surface area (TPSA) is 38.7 Å². The third-order valence-corrected chi connectivity index (χ3v) is 5.31. The highest BCUT2D eigenvalue weighted by atomic mass is 16.3. The maximum atomic E-state index is 9.88. The molecule has 0 radical (unpaired) electrons. The van der Waals surface area contributed by atoms with Gasteiger partial charge in [0.2, 0.25) is 0 Å². The largest absolute Gasteiger partial charge is 0.394 e. The fourth-order valence-corrected chi connectivity index (χ4v) is 3.91. The summed E-state index contributed by atoms with van der Waals surface area (Å²) >= 11 is 0. The highest BCUT2D eigenvalue weighted by Gasteiger charge is 2.39. The van der Waals surface area contributed by atoms with Gasteiger partial charge in [-0.3, -0.25) is 4.90 Å². The lowest BCUT2D eigenvalue weighted by Crippen LogP contribution is -2.56. The Hall–Kier alpha value is -0.160. The summed E-state index contributed by atoms with van der Waals surface area (Å²) in [7, 11) is 4.38. The van der Waals surface area contributed by atoms with Gasteiger partial charge in [0.1, 0.15) is 0 Å². The maximum Gasteiger partial charge on any atom is 0.0613 e. The average molecular weight is 283 g/mol. The predicted octanol–water partition coefficient (Wildman–Crippen LogP) is 1.30. The van der Waals surface area contributed by atoms with E-state index < -0.39 is 0 Å². The van der Waals surface area contributed by atoms with Crippen molar-refractivity contribution < 1.29 is 5.11 Å². The zero-order chi connectivity index (χ0) is 14.6. The van der Waals surface area contributed by atoms with Crippen LogP contribution in [0.15, 0.2) is 0 Å². The van der Waals surface area contributed by atoms with E-state index in [1.807, 2.05) is 0 Å². The summed E-state index contributed by atoms with van der Waals surface area (Å²) in [6.45, 7) is 5.93. The van der Waals surface area contributed by atoms with Crippen molar-refractivity contribution in [2.24, 2.45) is 0 Å². The van der Waals surface area contributed by atoms with Crippen LogP contribution in [0, 0.1) is 0 Å². The Morgan fingerprint density at radius 2 is 2.15 bits per heavy atom. The maximum absolute atomic E-state index is 9.88. The first kappa shape index (κ1) is 16.2. The Balaban J connectivity index is 1.92. The minimum atomic E-state index is -0.0187. The molecule has 1 aliphatic carbocycles. The van der Waals surface area contributed by atoms with E-state index in [2.05, 4.69) is 36.1 Å². The van der Waals surface area contributed by atoms with Crippen LogP contribution in [0.2, 0.25) is 0 Å². The number of likely N-dealkylation sites (tertiary alicyclic amines) is 1. The minimum absolute atomic E-state index is 0.0187. The smallest absolute Gasteiger partial charge is 0.0613 e. The normalized spacial score (nSPS) is 35.9. The molecule has 0 aromatic carbocycles. The Morgan fingerprint density at radius 3 is 2.75 bits per heavy atom. The Labute approximate surface area is 124 Å². The first-order valence-electron chi connectivity index (χ1n) is 8.36. The molecule has 4 nitrogen and oxygen atoms in total. The van der Waals surface area contributed by atoms with Crippen LogP contribution in [0.3, 0.4) is 0 Å². The predicted molar refractivity (Wildman–Crippen MR) is 84.0 cm³/mol. The molecule has 1 heterocycles. The van der Waals surface area contributed by atoms with Crippen molar-refractivity contribution in [3.63, 3.8) is 0 Å². The number of rotatable bonds is 6. The zero-order valence-electron chi connectivity index (χ0n) is 13.6. The van der Waals surface area contributed by atoms with Crippen molar-refractivity contribution in [2.45, 2.75) is 63.1 Å². The standard InChI is InChI=1S/C16H33N3O/c1-4-9-17-16(13-20)8-5-6-14(11-16)19-10-7-15(12-19)18(2)3/h14-15,17,20H,4-13H2,1-3H3. The molecular formula is C16H33N3O. The van der Waals surface area contributed by atoms with Gasteiger partial charge in [-0.05, 0) is 59.2 Å². The van der Waals surface area contributed by atoms with Crippen LogP contribution in [0.1, 0.15) is 45.4 Å². The quantitative estimate of drug-likeness (QED) is 0.771. The van der Waals surface area contributed by atoms with E-state index in [1.165, 1.54) is 32.4 Å². The van der Waals surface area contributed by atoms with Gasteiger partial charge >= 0.3 is 0 Å². The monoisotopic (exact) mass is 283 g/mol. The molecule has 0 spiro atoms. The van der Waals surface area contributed by atoms with Gasteiger partial charge in [-0.2, -0.15) is 0 Å². The summed E-state index contributed by atoms with van der Waals surface area (Å²) in [4.78, 5) is 5.03. The second-order valence-electron chi connectivity index (χ2n) is 7.02. The number of aliphatic hydroxyl groups excluding tert-OH is 1. The molecule has 2 aliphatic rings. The molecular weight excluding hydrogens is 250 g/mol. The van der Waals surface area contributed by atoms with E-state index in [1.54, 1.807) is 0 Å². The fraction of sp³-hybridized carbons (Fsp3) is 1.00. The fourth-order valence-electron chi connectivity index (χ4n) is 3.91. The second kappa shape index (κ2) is 7.21. The Bertz CT molecular complexity index is 297. The Kier molecular flexibility index (Phi) is 5.84. The molecule has 0 bridgehead atoms. The molecule has 1 saturated heterocycles. The van der Waals surface area contributed by atoms with E-state index in [9.17, 15) is 5.11 Å². The van der Waals surface area contributed by atoms with Crippen LogP contribution in [0.5, 0.6) is 0 Å². The molecule has 1 saturated carbocycles. The van der Waals surface area contributed by atoms with Crippen LogP contribution in [0.25, 0.3) is 0 Å². The van der Waals surface area contributed by atoms with E-state index >= 15 is 0 Å². The van der Waals surface area contributed by atoms with Gasteiger partial charge in [0.15, 0.2) is 0 Å². The number of aliphatic hydroxyl groups is 1. The van der Waals surface area contributed by atoms with Gasteiger partial charge < -0.3 is 15.3 Å². The average Bonchev–Trinajstić information content (AvgIpc) is 2.95. The summed E-state index contributed by atoms with van der Waals surface area (Å²) in [6.07, 6.45) is 7.21. The lowest BCUT2D eigenvalue weighted by molar-refractivity contribution is 0.0665. The molecule has 118 valence electrons. The highest BCUT2D eigenvalue weighted by molar-refractivity contribution is 4.98. The number of likely N-dealkylation sites (N-methyl/N-ethyl adjacent to an activating group) is 1. The zero-order valence-corrected chi connectivity index (χ0v) is 13.6. The van der Waals surface area contributed by atoms with Gasteiger partial charge in [-0.15, -0.1) is 0 Å². The van der Waals surface area contributed by atoms with Crippen molar-refractivity contribution in [1.29, 1.82) is 0 Å². The molecule has 0 aromatic rings. The third kappa shape index (κ3) is 3.73. The number of nitrogens with zero attached hydrogens (tertiary/aromatic N) is 2. The lowest BCUT2D eigenvalue weighted by Gasteiger charge is -2.43. The van der Waals surface area contributed by atoms with Crippen LogP contribution < -0.4 is 5.32 Å². The van der Waals surface area contributed by atoms with Crippen molar-refractivity contribution in [2.75, 3.05) is 40.3 Å². The molecule has 4 heteroatoms. The van der Waals surface area contributed by atoms with Crippen LogP contribution in [0.4, 0.5) is 0 Å². The van der Waals surface area contributed by atoms with Gasteiger partial charge in [0.25, 0.3) is 0 Å². The molecule has 0 amide bonds. The summed E-state index contributed by atoms with van der Waals surface area (Å²) in [5, 5.41) is 13.5. The summed E-state index contributed by atoms with van der Waals surface area (Å²) in [6, 6.07) is 1.37. The van der Waals surface area contributed by atoms with E-state index in [0.717, 1.165) is 25.8 Å². The van der Waals surface area contributed by atoms with Crippen molar-refractivity contribution in [3.05, 3.63) is 0 Å². The third-order valence-electron chi connectivity index (χ3n) is 5.31. The highest BCUT2D eigenvalue weighted by Crippen LogP contribution is 2.33. The molecule has 20 heavy (non-hydrogen) atoms. The molecule has 3 unspecified atom stereocenters. The summed E-state index contributed by atoms with van der Waals surface area (Å²) in [5.74, 6) is 0. The summed E-state index contributed by atoms with van der Waals surface area (Å²) in [5.41, 5.74) is -0.0187.